The molecule has 7 nitrogen and oxygen atoms in total. The highest BCUT2D eigenvalue weighted by molar-refractivity contribution is 6.15. The fraction of sp³-hybridized carbons (Fsp3) is 0.750. The fourth-order valence-electron chi connectivity index (χ4n) is 9.70. The van der Waals surface area contributed by atoms with Crippen molar-refractivity contribution in [3.63, 3.8) is 0 Å². The maximum atomic E-state index is 13.6. The van der Waals surface area contributed by atoms with Crippen molar-refractivity contribution in [2.24, 2.45) is 33.5 Å². The molecule has 7 aliphatic rings. The van der Waals surface area contributed by atoms with E-state index in [1.54, 1.807) is 20.8 Å². The minimum atomic E-state index is -2.28. The summed E-state index contributed by atoms with van der Waals surface area (Å²) in [5, 5.41) is 34.2. The normalized spacial score (nSPS) is 64.3. The Morgan fingerprint density at radius 3 is 2.44 bits per heavy atom. The summed E-state index contributed by atoms with van der Waals surface area (Å²) in [6.45, 7) is 4.86. The van der Waals surface area contributed by atoms with Gasteiger partial charge < -0.3 is 20.1 Å². The lowest BCUT2D eigenvalue weighted by Gasteiger charge is -2.78. The van der Waals surface area contributed by atoms with Crippen molar-refractivity contribution in [2.75, 3.05) is 6.61 Å². The number of esters is 1. The summed E-state index contributed by atoms with van der Waals surface area (Å²) < 4.78 is 5.64. The van der Waals surface area contributed by atoms with Crippen LogP contribution in [-0.2, 0) is 19.1 Å². The number of rotatable bonds is 1. The summed E-state index contributed by atoms with van der Waals surface area (Å²) in [4.78, 5) is 39.0. The Balaban J connectivity index is 1.85. The summed E-state index contributed by atoms with van der Waals surface area (Å²) in [6.07, 6.45) is 0.928. The van der Waals surface area contributed by atoms with Gasteiger partial charge in [0, 0.05) is 34.0 Å². The van der Waals surface area contributed by atoms with Gasteiger partial charge in [0.25, 0.3) is 0 Å². The number of carbonyl (C=O) groups excluding carboxylic acids is 3. The standard InChI is InChI=1S/C20H22O7/c1-8-4-10(22)19(25)16(3)13-14(24)20(19,26)15(2)9-5-12(23)27-11(6-18(8,15)16)17(9,13)7-21/h4,9,11,13,21,25-26H,5-7H2,1-3H3/t9-,11+,13-,15?,16+,17+,18-,19+,20+/m0/s1. The molecule has 1 heterocycles. The van der Waals surface area contributed by atoms with E-state index in [2.05, 4.69) is 0 Å². The number of carbonyl (C=O) groups is 3. The molecule has 8 bridgehead atoms. The third-order valence-corrected chi connectivity index (χ3v) is 10.3. The summed E-state index contributed by atoms with van der Waals surface area (Å²) in [7, 11) is 0. The molecular weight excluding hydrogens is 352 g/mol. The van der Waals surface area contributed by atoms with Gasteiger partial charge in [-0.2, -0.15) is 0 Å². The number of hydrogen-bond donors (Lipinski definition) is 3. The summed E-state index contributed by atoms with van der Waals surface area (Å²) in [5.74, 6) is -3.17. The van der Waals surface area contributed by atoms with E-state index in [9.17, 15) is 29.7 Å². The number of ketones is 2. The van der Waals surface area contributed by atoms with Crippen LogP contribution in [0.3, 0.4) is 0 Å². The Kier molecular flexibility index (Phi) is 2.23. The molecule has 9 atom stereocenters. The summed E-state index contributed by atoms with van der Waals surface area (Å²) in [6, 6.07) is 0. The quantitative estimate of drug-likeness (QED) is 0.530. The van der Waals surface area contributed by atoms with Crippen LogP contribution in [0.15, 0.2) is 11.6 Å². The highest BCUT2D eigenvalue weighted by Crippen LogP contribution is 2.95. The Morgan fingerprint density at radius 1 is 1.15 bits per heavy atom. The molecule has 144 valence electrons. The lowest BCUT2D eigenvalue weighted by Crippen LogP contribution is -2.84. The molecule has 0 aromatic carbocycles. The zero-order chi connectivity index (χ0) is 19.6. The van der Waals surface area contributed by atoms with Crippen LogP contribution in [0, 0.1) is 33.5 Å². The van der Waals surface area contributed by atoms with Crippen molar-refractivity contribution >= 4 is 17.5 Å². The average molecular weight is 374 g/mol. The number of Topliss-reactive ketones (excluding diaryl/α,β-unsaturated/α-hetero) is 1. The Hall–Kier alpha value is -1.57. The summed E-state index contributed by atoms with van der Waals surface area (Å²) >= 11 is 0. The average Bonchev–Trinajstić information content (AvgIpc) is 2.78. The third-order valence-electron chi connectivity index (χ3n) is 10.3. The first-order valence-corrected chi connectivity index (χ1v) is 9.50. The van der Waals surface area contributed by atoms with Crippen LogP contribution in [0.2, 0.25) is 0 Å². The maximum Gasteiger partial charge on any atom is 0.306 e. The second kappa shape index (κ2) is 3.67. The lowest BCUT2D eigenvalue weighted by atomic mass is 9.24. The molecule has 0 amide bonds. The lowest BCUT2D eigenvalue weighted by molar-refractivity contribution is -0.341. The first-order chi connectivity index (χ1) is 12.5. The van der Waals surface area contributed by atoms with E-state index < -0.39 is 74.9 Å². The molecule has 0 radical (unpaired) electrons. The van der Waals surface area contributed by atoms with Crippen LogP contribution in [0.25, 0.3) is 0 Å². The molecule has 5 saturated carbocycles. The molecule has 3 N–H and O–H groups in total. The van der Waals surface area contributed by atoms with Crippen LogP contribution in [0.1, 0.15) is 33.6 Å². The fourth-order valence-corrected chi connectivity index (χ4v) is 9.70. The second-order valence-electron chi connectivity index (χ2n) is 9.93. The third kappa shape index (κ3) is 0.922. The SMILES string of the molecule is CC1=CC(=O)[C@@]2(O)[C@]3(C)[C@@H]4C(=O)[C@@]2(O)C2(C)[C@@H]5CC(=O)O[C@H](C[C@]123)[C@]45CO. The molecule has 1 unspecified atom stereocenters. The van der Waals surface area contributed by atoms with Gasteiger partial charge in [0.15, 0.2) is 22.8 Å². The highest BCUT2D eigenvalue weighted by Gasteiger charge is 3.05. The van der Waals surface area contributed by atoms with E-state index in [0.717, 1.165) is 5.57 Å². The molecule has 6 fully saturated rings. The van der Waals surface area contributed by atoms with Gasteiger partial charge in [0.1, 0.15) is 6.10 Å². The zero-order valence-corrected chi connectivity index (χ0v) is 15.4. The van der Waals surface area contributed by atoms with Gasteiger partial charge in [-0.3, -0.25) is 14.4 Å². The van der Waals surface area contributed by atoms with E-state index in [4.69, 9.17) is 4.74 Å². The zero-order valence-electron chi connectivity index (χ0n) is 15.4. The topological polar surface area (TPSA) is 121 Å². The molecule has 0 aromatic heterocycles. The minimum Gasteiger partial charge on any atom is -0.462 e. The van der Waals surface area contributed by atoms with Crippen molar-refractivity contribution in [3.05, 3.63) is 11.6 Å². The van der Waals surface area contributed by atoms with Crippen molar-refractivity contribution in [3.8, 4) is 0 Å². The van der Waals surface area contributed by atoms with Crippen molar-refractivity contribution in [1.82, 2.24) is 0 Å². The molecule has 1 saturated heterocycles. The van der Waals surface area contributed by atoms with E-state index in [0.29, 0.717) is 0 Å². The highest BCUT2D eigenvalue weighted by atomic mass is 16.5. The monoisotopic (exact) mass is 374 g/mol. The molecule has 6 aliphatic carbocycles. The molecule has 7 heteroatoms. The molecule has 0 aromatic rings. The van der Waals surface area contributed by atoms with Gasteiger partial charge in [0.2, 0.25) is 0 Å². The maximum absolute atomic E-state index is 13.6. The van der Waals surface area contributed by atoms with E-state index in [1.165, 1.54) is 6.08 Å². The molecule has 1 spiro atoms. The van der Waals surface area contributed by atoms with Gasteiger partial charge in [0.05, 0.1) is 6.61 Å². The molecular formula is C20H22O7. The van der Waals surface area contributed by atoms with Gasteiger partial charge in [-0.15, -0.1) is 0 Å². The minimum absolute atomic E-state index is 0.0466. The predicted octanol–water partition coefficient (Wildman–Crippen LogP) is -0.483. The molecule has 7 rings (SSSR count). The van der Waals surface area contributed by atoms with Gasteiger partial charge in [-0.25, -0.2) is 0 Å². The summed E-state index contributed by atoms with van der Waals surface area (Å²) in [5.41, 5.74) is -8.26. The smallest absolute Gasteiger partial charge is 0.306 e. The van der Waals surface area contributed by atoms with E-state index in [1.807, 2.05) is 0 Å². The Bertz CT molecular complexity index is 939. The van der Waals surface area contributed by atoms with E-state index >= 15 is 0 Å². The van der Waals surface area contributed by atoms with Crippen LogP contribution >= 0.6 is 0 Å². The van der Waals surface area contributed by atoms with Gasteiger partial charge in [-0.1, -0.05) is 19.4 Å². The second-order valence-corrected chi connectivity index (χ2v) is 9.93. The molecule has 27 heavy (non-hydrogen) atoms. The molecule has 1 aliphatic heterocycles. The van der Waals surface area contributed by atoms with E-state index in [-0.39, 0.29) is 12.8 Å². The van der Waals surface area contributed by atoms with Crippen LogP contribution in [-0.4, -0.2) is 56.8 Å². The Labute approximate surface area is 155 Å². The van der Waals surface area contributed by atoms with Crippen molar-refractivity contribution in [2.45, 2.75) is 50.9 Å². The number of ether oxygens (including phenoxy) is 1. The number of allylic oxidation sites excluding steroid dienone is 1. The van der Waals surface area contributed by atoms with Crippen molar-refractivity contribution in [1.29, 1.82) is 0 Å². The van der Waals surface area contributed by atoms with Gasteiger partial charge in [-0.05, 0) is 25.3 Å². The first-order valence-electron chi connectivity index (χ1n) is 9.50. The van der Waals surface area contributed by atoms with Gasteiger partial charge >= 0.3 is 5.97 Å². The number of aliphatic hydroxyl groups excluding tert-OH is 1. The van der Waals surface area contributed by atoms with Crippen molar-refractivity contribution < 1.29 is 34.4 Å². The predicted molar refractivity (Wildman–Crippen MR) is 87.9 cm³/mol. The largest absolute Gasteiger partial charge is 0.462 e. The number of hydrogen-bond acceptors (Lipinski definition) is 7. The first kappa shape index (κ1) is 16.4. The van der Waals surface area contributed by atoms with Crippen LogP contribution < -0.4 is 0 Å². The van der Waals surface area contributed by atoms with Crippen LogP contribution in [0.4, 0.5) is 0 Å². The number of aliphatic hydroxyl groups is 3. The Morgan fingerprint density at radius 2 is 1.81 bits per heavy atom. The van der Waals surface area contributed by atoms with Crippen LogP contribution in [0.5, 0.6) is 0 Å².